The fraction of sp³-hybridized carbons (Fsp3) is 0.111. The zero-order valence-electron chi connectivity index (χ0n) is 13.4. The molecule has 3 N–H and O–H groups in total. The number of nitrogens with zero attached hydrogens (tertiary/aromatic N) is 2. The Morgan fingerprint density at radius 2 is 1.72 bits per heavy atom. The molecule has 1 heterocycles. The highest BCUT2D eigenvalue weighted by atomic mass is 16.2. The Balaban J connectivity index is 1.47. The van der Waals surface area contributed by atoms with Crippen molar-refractivity contribution in [1.29, 1.82) is 0 Å². The number of benzene rings is 2. The molecule has 0 radical (unpaired) electrons. The van der Waals surface area contributed by atoms with E-state index in [0.29, 0.717) is 11.5 Å². The van der Waals surface area contributed by atoms with Crippen LogP contribution in [0.1, 0.15) is 5.56 Å². The van der Waals surface area contributed by atoms with Gasteiger partial charge in [0.05, 0.1) is 13.0 Å². The molecular weight excluding hydrogens is 318 g/mol. The van der Waals surface area contributed by atoms with Crippen molar-refractivity contribution in [2.75, 3.05) is 11.9 Å². The number of aromatic amines is 1. The molecule has 126 valence electrons. The van der Waals surface area contributed by atoms with E-state index in [1.807, 2.05) is 42.5 Å². The van der Waals surface area contributed by atoms with Gasteiger partial charge in [0.15, 0.2) is 5.82 Å². The van der Waals surface area contributed by atoms with Gasteiger partial charge in [0, 0.05) is 11.3 Å². The number of hydrogen-bond acceptors (Lipinski definition) is 4. The second-order valence-corrected chi connectivity index (χ2v) is 5.40. The summed E-state index contributed by atoms with van der Waals surface area (Å²) >= 11 is 0. The van der Waals surface area contributed by atoms with Crippen LogP contribution < -0.4 is 10.6 Å². The summed E-state index contributed by atoms with van der Waals surface area (Å²) in [5.41, 5.74) is 2.42. The average Bonchev–Trinajstić information content (AvgIpc) is 3.16. The average molecular weight is 335 g/mol. The number of hydrogen-bond donors (Lipinski definition) is 3. The Bertz CT molecular complexity index is 830. The molecule has 2 aromatic carbocycles. The normalized spacial score (nSPS) is 10.2. The molecule has 0 aliphatic heterocycles. The van der Waals surface area contributed by atoms with Crippen molar-refractivity contribution in [3.63, 3.8) is 0 Å². The van der Waals surface area contributed by atoms with Crippen LogP contribution in [0.3, 0.4) is 0 Å². The van der Waals surface area contributed by atoms with E-state index in [2.05, 4.69) is 25.8 Å². The second-order valence-electron chi connectivity index (χ2n) is 5.40. The molecule has 0 unspecified atom stereocenters. The largest absolute Gasteiger partial charge is 0.347 e. The number of rotatable bonds is 6. The molecule has 3 aromatic rings. The Morgan fingerprint density at radius 3 is 2.40 bits per heavy atom. The predicted octanol–water partition coefficient (Wildman–Crippen LogP) is 1.77. The minimum Gasteiger partial charge on any atom is -0.347 e. The molecule has 7 heteroatoms. The van der Waals surface area contributed by atoms with Crippen molar-refractivity contribution >= 4 is 17.5 Å². The van der Waals surface area contributed by atoms with Gasteiger partial charge in [-0.05, 0) is 29.8 Å². The van der Waals surface area contributed by atoms with E-state index in [0.717, 1.165) is 11.1 Å². The number of nitrogens with one attached hydrogen (secondary N) is 3. The van der Waals surface area contributed by atoms with Crippen LogP contribution in [0.5, 0.6) is 0 Å². The van der Waals surface area contributed by atoms with Crippen LogP contribution in [0, 0.1) is 0 Å². The van der Waals surface area contributed by atoms with Crippen molar-refractivity contribution in [3.8, 4) is 11.4 Å². The molecule has 0 saturated heterocycles. The van der Waals surface area contributed by atoms with Crippen LogP contribution >= 0.6 is 0 Å². The summed E-state index contributed by atoms with van der Waals surface area (Å²) in [5, 5.41) is 11.9. The predicted molar refractivity (Wildman–Crippen MR) is 93.6 cm³/mol. The number of H-pyrrole nitrogens is 1. The zero-order chi connectivity index (χ0) is 17.5. The molecular formula is C18H17N5O2. The highest BCUT2D eigenvalue weighted by Gasteiger charge is 2.07. The molecule has 0 saturated carbocycles. The number of aromatic nitrogens is 3. The smallest absolute Gasteiger partial charge is 0.243 e. The van der Waals surface area contributed by atoms with Gasteiger partial charge in [0.2, 0.25) is 11.8 Å². The molecule has 7 nitrogen and oxygen atoms in total. The topological polar surface area (TPSA) is 99.8 Å². The van der Waals surface area contributed by atoms with Gasteiger partial charge >= 0.3 is 0 Å². The van der Waals surface area contributed by atoms with E-state index in [-0.39, 0.29) is 24.8 Å². The molecule has 0 bridgehead atoms. The number of amides is 2. The lowest BCUT2D eigenvalue weighted by atomic mass is 10.1. The summed E-state index contributed by atoms with van der Waals surface area (Å²) in [6.07, 6.45) is 1.68. The van der Waals surface area contributed by atoms with Gasteiger partial charge in [0.25, 0.3) is 0 Å². The maximum Gasteiger partial charge on any atom is 0.243 e. The summed E-state index contributed by atoms with van der Waals surface area (Å²) in [7, 11) is 0. The fourth-order valence-corrected chi connectivity index (χ4v) is 2.28. The van der Waals surface area contributed by atoms with Crippen LogP contribution in [0.25, 0.3) is 11.4 Å². The molecule has 0 aliphatic rings. The minimum absolute atomic E-state index is 0.0739. The lowest BCUT2D eigenvalue weighted by Crippen LogP contribution is -2.33. The first-order valence-electron chi connectivity index (χ1n) is 7.77. The minimum atomic E-state index is -0.283. The number of carbonyl (C=O) groups is 2. The van der Waals surface area contributed by atoms with E-state index >= 15 is 0 Å². The summed E-state index contributed by atoms with van der Waals surface area (Å²) < 4.78 is 0. The summed E-state index contributed by atoms with van der Waals surface area (Å²) in [6.45, 7) is -0.0739. The lowest BCUT2D eigenvalue weighted by Gasteiger charge is -2.07. The third kappa shape index (κ3) is 4.74. The van der Waals surface area contributed by atoms with Gasteiger partial charge in [-0.25, -0.2) is 4.98 Å². The molecule has 2 amide bonds. The number of anilines is 1. The molecule has 25 heavy (non-hydrogen) atoms. The van der Waals surface area contributed by atoms with Crippen LogP contribution in [-0.4, -0.2) is 33.5 Å². The SMILES string of the molecule is O=C(Cc1ccccc1)NCC(=O)Nc1ccc(-c2ncn[nH]2)cc1. The van der Waals surface area contributed by atoms with Crippen LogP contribution in [-0.2, 0) is 16.0 Å². The van der Waals surface area contributed by atoms with Crippen LogP contribution in [0.15, 0.2) is 60.9 Å². The maximum atomic E-state index is 11.9. The third-order valence-corrected chi connectivity index (χ3v) is 3.51. The van der Waals surface area contributed by atoms with Crippen molar-refractivity contribution in [2.45, 2.75) is 6.42 Å². The Hall–Kier alpha value is -3.48. The first kappa shape index (κ1) is 16.4. The van der Waals surface area contributed by atoms with E-state index < -0.39 is 0 Å². The molecule has 0 atom stereocenters. The van der Waals surface area contributed by atoms with Gasteiger partial charge in [-0.1, -0.05) is 30.3 Å². The van der Waals surface area contributed by atoms with Gasteiger partial charge in [-0.2, -0.15) is 5.10 Å². The molecule has 1 aromatic heterocycles. The summed E-state index contributed by atoms with van der Waals surface area (Å²) in [4.78, 5) is 27.8. The van der Waals surface area contributed by atoms with Crippen molar-refractivity contribution in [1.82, 2.24) is 20.5 Å². The van der Waals surface area contributed by atoms with Crippen LogP contribution in [0.4, 0.5) is 5.69 Å². The molecule has 0 aliphatic carbocycles. The van der Waals surface area contributed by atoms with Crippen molar-refractivity contribution < 1.29 is 9.59 Å². The third-order valence-electron chi connectivity index (χ3n) is 3.51. The van der Waals surface area contributed by atoms with E-state index in [1.54, 1.807) is 12.1 Å². The molecule has 0 fully saturated rings. The highest BCUT2D eigenvalue weighted by molar-refractivity contribution is 5.94. The maximum absolute atomic E-state index is 11.9. The Labute approximate surface area is 144 Å². The first-order valence-corrected chi connectivity index (χ1v) is 7.77. The molecule has 0 spiro atoms. The van der Waals surface area contributed by atoms with E-state index in [1.165, 1.54) is 6.33 Å². The molecule has 3 rings (SSSR count). The summed E-state index contributed by atoms with van der Waals surface area (Å²) in [5.74, 6) is 0.182. The van der Waals surface area contributed by atoms with E-state index in [9.17, 15) is 9.59 Å². The standard InChI is InChI=1S/C18H17N5O2/c24-16(10-13-4-2-1-3-5-13)19-11-17(25)22-15-8-6-14(7-9-15)18-20-12-21-23-18/h1-9,12H,10-11H2,(H,19,24)(H,22,25)(H,20,21,23). The van der Waals surface area contributed by atoms with Gasteiger partial charge < -0.3 is 10.6 Å². The van der Waals surface area contributed by atoms with E-state index in [4.69, 9.17) is 0 Å². The Kier molecular flexibility index (Phi) is 5.16. The van der Waals surface area contributed by atoms with Gasteiger partial charge in [0.1, 0.15) is 6.33 Å². The van der Waals surface area contributed by atoms with Crippen molar-refractivity contribution in [2.24, 2.45) is 0 Å². The monoisotopic (exact) mass is 335 g/mol. The lowest BCUT2D eigenvalue weighted by molar-refractivity contribution is -0.123. The first-order chi connectivity index (χ1) is 12.2. The van der Waals surface area contributed by atoms with Gasteiger partial charge in [-0.3, -0.25) is 14.7 Å². The highest BCUT2D eigenvalue weighted by Crippen LogP contribution is 2.16. The number of carbonyl (C=O) groups excluding carboxylic acids is 2. The second kappa shape index (κ2) is 7.87. The van der Waals surface area contributed by atoms with Gasteiger partial charge in [-0.15, -0.1) is 0 Å². The van der Waals surface area contributed by atoms with Crippen molar-refractivity contribution in [3.05, 3.63) is 66.5 Å². The fourth-order valence-electron chi connectivity index (χ4n) is 2.28. The summed E-state index contributed by atoms with van der Waals surface area (Å²) in [6, 6.07) is 16.6. The Morgan fingerprint density at radius 1 is 0.960 bits per heavy atom. The quantitative estimate of drug-likeness (QED) is 0.639. The zero-order valence-corrected chi connectivity index (χ0v) is 13.4. The van der Waals surface area contributed by atoms with Crippen LogP contribution in [0.2, 0.25) is 0 Å².